The maximum absolute atomic E-state index is 11.8. The number of hydrogen-bond donors (Lipinski definition) is 1. The molecule has 0 fully saturated rings. The van der Waals surface area contributed by atoms with Gasteiger partial charge in [-0.05, 0) is 19.1 Å². The molecule has 2 aromatic rings. The summed E-state index contributed by atoms with van der Waals surface area (Å²) in [5, 5.41) is 8.79. The molecule has 0 amide bonds. The number of benzene rings is 1. The number of hydrogen-bond acceptors (Lipinski definition) is 5. The Hall–Kier alpha value is -1.63. The summed E-state index contributed by atoms with van der Waals surface area (Å²) in [5.41, 5.74) is 6.97. The van der Waals surface area contributed by atoms with Crippen LogP contribution < -0.4 is 5.73 Å². The lowest BCUT2D eigenvalue weighted by Gasteiger charge is -2.09. The third-order valence-corrected chi connectivity index (χ3v) is 3.58. The minimum Gasteiger partial charge on any atom is -0.461 e. The van der Waals surface area contributed by atoms with Crippen molar-refractivity contribution in [3.8, 4) is 0 Å². The average molecular weight is 329 g/mol. The highest BCUT2D eigenvalue weighted by Crippen LogP contribution is 2.25. The Morgan fingerprint density at radius 3 is 2.62 bits per heavy atom. The number of esters is 1. The van der Waals surface area contributed by atoms with Crippen LogP contribution in [0.25, 0.3) is 0 Å². The van der Waals surface area contributed by atoms with Gasteiger partial charge < -0.3 is 10.5 Å². The summed E-state index contributed by atoms with van der Waals surface area (Å²) in [6.07, 6.45) is 0. The monoisotopic (exact) mass is 328 g/mol. The SMILES string of the molecule is CCOC(=O)c1nnn(Cc2c(Cl)cccc2Cl)c1CN. The Kier molecular flexibility index (Phi) is 5.17. The molecule has 2 rings (SSSR count). The van der Waals surface area contributed by atoms with E-state index in [1.54, 1.807) is 25.1 Å². The molecular weight excluding hydrogens is 315 g/mol. The van der Waals surface area contributed by atoms with Crippen LogP contribution in [0, 0.1) is 0 Å². The summed E-state index contributed by atoms with van der Waals surface area (Å²) in [6, 6.07) is 5.21. The first kappa shape index (κ1) is 15.8. The molecule has 0 spiro atoms. The third kappa shape index (κ3) is 3.34. The van der Waals surface area contributed by atoms with E-state index < -0.39 is 5.97 Å². The van der Waals surface area contributed by atoms with E-state index in [0.29, 0.717) is 21.3 Å². The first-order chi connectivity index (χ1) is 10.1. The number of carbonyl (C=O) groups is 1. The van der Waals surface area contributed by atoms with Gasteiger partial charge in [0.05, 0.1) is 18.8 Å². The zero-order valence-electron chi connectivity index (χ0n) is 11.3. The lowest BCUT2D eigenvalue weighted by molar-refractivity contribution is 0.0518. The van der Waals surface area contributed by atoms with Gasteiger partial charge in [-0.25, -0.2) is 9.48 Å². The number of rotatable bonds is 5. The fraction of sp³-hybridized carbons (Fsp3) is 0.308. The smallest absolute Gasteiger partial charge is 0.360 e. The zero-order valence-corrected chi connectivity index (χ0v) is 12.9. The van der Waals surface area contributed by atoms with Crippen LogP contribution >= 0.6 is 23.2 Å². The Labute approximate surface area is 131 Å². The van der Waals surface area contributed by atoms with Gasteiger partial charge in [-0.15, -0.1) is 5.10 Å². The summed E-state index contributed by atoms with van der Waals surface area (Å²) in [5.74, 6) is -0.547. The molecule has 0 atom stereocenters. The van der Waals surface area contributed by atoms with Gasteiger partial charge in [-0.1, -0.05) is 34.5 Å². The van der Waals surface area contributed by atoms with Gasteiger partial charge in [0.2, 0.25) is 0 Å². The number of ether oxygens (including phenoxy) is 1. The molecule has 0 saturated heterocycles. The second-order valence-electron chi connectivity index (χ2n) is 4.17. The fourth-order valence-electron chi connectivity index (χ4n) is 1.85. The van der Waals surface area contributed by atoms with E-state index in [2.05, 4.69) is 10.3 Å². The van der Waals surface area contributed by atoms with Gasteiger partial charge in [0.15, 0.2) is 5.69 Å². The molecule has 1 heterocycles. The summed E-state index contributed by atoms with van der Waals surface area (Å²) in [6.45, 7) is 2.35. The van der Waals surface area contributed by atoms with E-state index >= 15 is 0 Å². The van der Waals surface area contributed by atoms with Gasteiger partial charge in [-0.2, -0.15) is 0 Å². The van der Waals surface area contributed by atoms with Crippen LogP contribution in [0.4, 0.5) is 0 Å². The first-order valence-electron chi connectivity index (χ1n) is 6.30. The average Bonchev–Trinajstić information content (AvgIpc) is 2.86. The van der Waals surface area contributed by atoms with Crippen LogP contribution in [0.15, 0.2) is 18.2 Å². The van der Waals surface area contributed by atoms with Gasteiger partial charge in [-0.3, -0.25) is 0 Å². The van der Waals surface area contributed by atoms with Crippen molar-refractivity contribution in [3.05, 3.63) is 45.2 Å². The summed E-state index contributed by atoms with van der Waals surface area (Å²) in [4.78, 5) is 11.8. The Morgan fingerprint density at radius 2 is 2.05 bits per heavy atom. The molecule has 0 radical (unpaired) electrons. The molecule has 0 aliphatic heterocycles. The van der Waals surface area contributed by atoms with E-state index in [0.717, 1.165) is 0 Å². The number of nitrogens with two attached hydrogens (primary N) is 1. The Bertz CT molecular complexity index is 637. The molecule has 21 heavy (non-hydrogen) atoms. The van der Waals surface area contributed by atoms with Crippen molar-refractivity contribution in [2.75, 3.05) is 6.61 Å². The molecule has 8 heteroatoms. The van der Waals surface area contributed by atoms with E-state index in [9.17, 15) is 4.79 Å². The largest absolute Gasteiger partial charge is 0.461 e. The summed E-state index contributed by atoms with van der Waals surface area (Å²) >= 11 is 12.3. The van der Waals surface area contributed by atoms with Crippen molar-refractivity contribution in [1.82, 2.24) is 15.0 Å². The summed E-state index contributed by atoms with van der Waals surface area (Å²) in [7, 11) is 0. The normalized spacial score (nSPS) is 10.7. The maximum Gasteiger partial charge on any atom is 0.360 e. The van der Waals surface area contributed by atoms with Crippen molar-refractivity contribution in [2.45, 2.75) is 20.0 Å². The molecular formula is C13H14Cl2N4O2. The second-order valence-corrected chi connectivity index (χ2v) is 4.98. The van der Waals surface area contributed by atoms with Crippen LogP contribution in [0.5, 0.6) is 0 Å². The number of carbonyl (C=O) groups excluding carboxylic acids is 1. The minimum atomic E-state index is -0.547. The molecule has 0 aliphatic rings. The van der Waals surface area contributed by atoms with Crippen molar-refractivity contribution in [3.63, 3.8) is 0 Å². The topological polar surface area (TPSA) is 83.0 Å². The molecule has 6 nitrogen and oxygen atoms in total. The van der Waals surface area contributed by atoms with Crippen LogP contribution in [0.1, 0.15) is 28.7 Å². The highest BCUT2D eigenvalue weighted by atomic mass is 35.5. The van der Waals surface area contributed by atoms with Gasteiger partial charge in [0.1, 0.15) is 0 Å². The van der Waals surface area contributed by atoms with Crippen LogP contribution in [-0.2, 0) is 17.8 Å². The van der Waals surface area contributed by atoms with Gasteiger partial charge in [0, 0.05) is 22.2 Å². The minimum absolute atomic E-state index is 0.100. The van der Waals surface area contributed by atoms with Crippen LogP contribution in [0.2, 0.25) is 10.0 Å². The molecule has 0 unspecified atom stereocenters. The lowest BCUT2D eigenvalue weighted by atomic mass is 10.2. The first-order valence-corrected chi connectivity index (χ1v) is 7.06. The standard InChI is InChI=1S/C13H14Cl2N4O2/c1-2-21-13(20)12-11(6-16)19(18-17-12)7-8-9(14)4-3-5-10(8)15/h3-5H,2,6-7,16H2,1H3. The lowest BCUT2D eigenvalue weighted by Crippen LogP contribution is -2.15. The van der Waals surface area contributed by atoms with Crippen LogP contribution in [-0.4, -0.2) is 27.6 Å². The Balaban J connectivity index is 2.35. The van der Waals surface area contributed by atoms with Crippen molar-refractivity contribution in [2.24, 2.45) is 5.73 Å². The van der Waals surface area contributed by atoms with E-state index in [1.807, 2.05) is 0 Å². The number of aromatic nitrogens is 3. The zero-order chi connectivity index (χ0) is 15.4. The maximum atomic E-state index is 11.8. The second kappa shape index (κ2) is 6.89. The van der Waals surface area contributed by atoms with E-state index in [1.165, 1.54) is 4.68 Å². The Morgan fingerprint density at radius 1 is 1.38 bits per heavy atom. The highest BCUT2D eigenvalue weighted by molar-refractivity contribution is 6.35. The van der Waals surface area contributed by atoms with Crippen molar-refractivity contribution < 1.29 is 9.53 Å². The van der Waals surface area contributed by atoms with Crippen LogP contribution in [0.3, 0.4) is 0 Å². The molecule has 1 aromatic carbocycles. The molecule has 2 N–H and O–H groups in total. The molecule has 0 saturated carbocycles. The van der Waals surface area contributed by atoms with E-state index in [4.69, 9.17) is 33.7 Å². The highest BCUT2D eigenvalue weighted by Gasteiger charge is 2.20. The van der Waals surface area contributed by atoms with Gasteiger partial charge >= 0.3 is 5.97 Å². The number of halogens is 2. The molecule has 1 aromatic heterocycles. The van der Waals surface area contributed by atoms with Gasteiger partial charge in [0.25, 0.3) is 0 Å². The third-order valence-electron chi connectivity index (χ3n) is 2.87. The molecule has 112 valence electrons. The molecule has 0 aliphatic carbocycles. The van der Waals surface area contributed by atoms with Crippen molar-refractivity contribution in [1.29, 1.82) is 0 Å². The summed E-state index contributed by atoms with van der Waals surface area (Å²) < 4.78 is 6.42. The number of nitrogens with zero attached hydrogens (tertiary/aromatic N) is 3. The predicted octanol–water partition coefficient (Wildman–Crippen LogP) is 2.27. The fourth-order valence-corrected chi connectivity index (χ4v) is 2.37. The molecule has 0 bridgehead atoms. The van der Waals surface area contributed by atoms with E-state index in [-0.39, 0.29) is 25.4 Å². The predicted molar refractivity (Wildman–Crippen MR) is 79.4 cm³/mol. The quantitative estimate of drug-likeness (QED) is 0.851. The van der Waals surface area contributed by atoms with Crippen molar-refractivity contribution >= 4 is 29.2 Å².